The first-order valence-electron chi connectivity index (χ1n) is 8.42. The topological polar surface area (TPSA) is 61.9 Å². The van der Waals surface area contributed by atoms with Gasteiger partial charge in [0.2, 0.25) is 11.8 Å². The van der Waals surface area contributed by atoms with Crippen molar-refractivity contribution in [3.63, 3.8) is 0 Å². The van der Waals surface area contributed by atoms with E-state index in [9.17, 15) is 9.59 Å². The number of ether oxygens (including phenoxy) is 1. The smallest absolute Gasteiger partial charge is 0.243 e. The average Bonchev–Trinajstić information content (AvgIpc) is 2.49. The Balaban J connectivity index is 1.84. The van der Waals surface area contributed by atoms with Crippen molar-refractivity contribution in [1.29, 1.82) is 0 Å². The van der Waals surface area contributed by atoms with Gasteiger partial charge in [0.1, 0.15) is 0 Å². The number of carbonyl (C=O) groups excluding carboxylic acids is 2. The summed E-state index contributed by atoms with van der Waals surface area (Å²) < 4.78 is 6.64. The van der Waals surface area contributed by atoms with Crippen molar-refractivity contribution >= 4 is 33.4 Å². The molecule has 1 aromatic carbocycles. The number of rotatable bonds is 5. The predicted molar refractivity (Wildman–Crippen MR) is 102 cm³/mol. The lowest BCUT2D eigenvalue weighted by molar-refractivity contribution is -0.137. The zero-order valence-corrected chi connectivity index (χ0v) is 16.8. The number of morpholine rings is 1. The fourth-order valence-corrected chi connectivity index (χ4v) is 3.46. The van der Waals surface area contributed by atoms with Crippen molar-refractivity contribution in [2.24, 2.45) is 0 Å². The normalized spacial score (nSPS) is 21.0. The van der Waals surface area contributed by atoms with E-state index < -0.39 is 0 Å². The second-order valence-corrected chi connectivity index (χ2v) is 7.62. The lowest BCUT2D eigenvalue weighted by atomic mass is 10.2. The van der Waals surface area contributed by atoms with Gasteiger partial charge in [0.05, 0.1) is 25.3 Å². The summed E-state index contributed by atoms with van der Waals surface area (Å²) in [5, 5.41) is 2.85. The maximum absolute atomic E-state index is 12.4. The number of hydrogen-bond donors (Lipinski definition) is 1. The Labute approximate surface area is 157 Å². The molecule has 1 N–H and O–H groups in total. The molecule has 0 spiro atoms. The van der Waals surface area contributed by atoms with E-state index in [1.807, 2.05) is 39.0 Å². The summed E-state index contributed by atoms with van der Waals surface area (Å²) in [6.45, 7) is 7.73. The number of nitrogens with one attached hydrogen (secondary N) is 1. The molecule has 0 aromatic heterocycles. The van der Waals surface area contributed by atoms with Crippen LogP contribution >= 0.6 is 15.9 Å². The van der Waals surface area contributed by atoms with Gasteiger partial charge in [-0.15, -0.1) is 0 Å². The molecule has 6 nitrogen and oxygen atoms in total. The van der Waals surface area contributed by atoms with Crippen molar-refractivity contribution in [2.45, 2.75) is 33.0 Å². The average molecular weight is 412 g/mol. The van der Waals surface area contributed by atoms with Crippen LogP contribution in [0.25, 0.3) is 0 Å². The van der Waals surface area contributed by atoms with Gasteiger partial charge in [0.15, 0.2) is 0 Å². The number of aryl methyl sites for hydroxylation is 1. The number of amides is 2. The lowest BCUT2D eigenvalue weighted by Crippen LogP contribution is -2.50. The predicted octanol–water partition coefficient (Wildman–Crippen LogP) is 2.26. The van der Waals surface area contributed by atoms with Gasteiger partial charge >= 0.3 is 0 Å². The van der Waals surface area contributed by atoms with Crippen molar-refractivity contribution in [3.8, 4) is 0 Å². The number of hydrogen-bond acceptors (Lipinski definition) is 4. The molecular formula is C18H26BrN3O3. The molecule has 0 saturated carbocycles. The summed E-state index contributed by atoms with van der Waals surface area (Å²) in [6, 6.07) is 5.65. The number of anilines is 1. The van der Waals surface area contributed by atoms with Crippen molar-refractivity contribution in [2.75, 3.05) is 38.5 Å². The van der Waals surface area contributed by atoms with E-state index in [2.05, 4.69) is 26.1 Å². The Kier molecular flexibility index (Phi) is 6.98. The van der Waals surface area contributed by atoms with Gasteiger partial charge in [-0.25, -0.2) is 0 Å². The standard InChI is InChI=1S/C18H26BrN3O3/c1-12-7-15(19)5-6-16(12)20-17(23)10-21(4)18(24)11-22-8-13(2)25-14(3)9-22/h5-7,13-14H,8-11H2,1-4H3,(H,20,23)/t13-,14+. The summed E-state index contributed by atoms with van der Waals surface area (Å²) >= 11 is 3.40. The molecule has 0 radical (unpaired) electrons. The van der Waals surface area contributed by atoms with E-state index in [-0.39, 0.29) is 30.6 Å². The highest BCUT2D eigenvalue weighted by Crippen LogP contribution is 2.20. The number of carbonyl (C=O) groups is 2. The van der Waals surface area contributed by atoms with E-state index in [1.54, 1.807) is 7.05 Å². The van der Waals surface area contributed by atoms with Crippen LogP contribution in [-0.2, 0) is 14.3 Å². The zero-order valence-electron chi connectivity index (χ0n) is 15.2. The fourth-order valence-electron chi connectivity index (χ4n) is 2.99. The summed E-state index contributed by atoms with van der Waals surface area (Å²) in [5.74, 6) is -0.269. The Morgan fingerprint density at radius 1 is 1.32 bits per heavy atom. The quantitative estimate of drug-likeness (QED) is 0.806. The molecule has 0 bridgehead atoms. The molecule has 1 aliphatic heterocycles. The Hall–Kier alpha value is -1.44. The van der Waals surface area contributed by atoms with Gasteiger partial charge in [-0.3, -0.25) is 14.5 Å². The third-order valence-electron chi connectivity index (χ3n) is 4.12. The van der Waals surface area contributed by atoms with E-state index in [0.29, 0.717) is 6.54 Å². The van der Waals surface area contributed by atoms with Crippen LogP contribution in [0.5, 0.6) is 0 Å². The monoisotopic (exact) mass is 411 g/mol. The Bertz CT molecular complexity index is 628. The van der Waals surface area contributed by atoms with Crippen LogP contribution in [0.3, 0.4) is 0 Å². The van der Waals surface area contributed by atoms with Gasteiger partial charge in [-0.2, -0.15) is 0 Å². The molecule has 138 valence electrons. The minimum Gasteiger partial charge on any atom is -0.373 e. The Morgan fingerprint density at radius 3 is 2.56 bits per heavy atom. The lowest BCUT2D eigenvalue weighted by Gasteiger charge is -2.35. The largest absolute Gasteiger partial charge is 0.373 e. The maximum atomic E-state index is 12.4. The van der Waals surface area contributed by atoms with E-state index in [0.717, 1.165) is 28.8 Å². The van der Waals surface area contributed by atoms with E-state index in [1.165, 1.54) is 4.90 Å². The van der Waals surface area contributed by atoms with Crippen LogP contribution in [0.15, 0.2) is 22.7 Å². The molecule has 7 heteroatoms. The highest BCUT2D eigenvalue weighted by molar-refractivity contribution is 9.10. The van der Waals surface area contributed by atoms with Gasteiger partial charge < -0.3 is 15.0 Å². The van der Waals surface area contributed by atoms with Crippen LogP contribution in [0.1, 0.15) is 19.4 Å². The fraction of sp³-hybridized carbons (Fsp3) is 0.556. The van der Waals surface area contributed by atoms with Gasteiger partial charge in [0.25, 0.3) is 0 Å². The first kappa shape index (κ1) is 19.9. The summed E-state index contributed by atoms with van der Waals surface area (Å²) in [7, 11) is 1.66. The highest BCUT2D eigenvalue weighted by atomic mass is 79.9. The molecule has 1 aromatic rings. The minimum atomic E-state index is -0.204. The third kappa shape index (κ3) is 6.09. The zero-order chi connectivity index (χ0) is 18.6. The van der Waals surface area contributed by atoms with Gasteiger partial charge in [-0.1, -0.05) is 15.9 Å². The van der Waals surface area contributed by atoms with Crippen molar-refractivity contribution in [3.05, 3.63) is 28.2 Å². The molecule has 25 heavy (non-hydrogen) atoms. The molecule has 1 aliphatic rings. The first-order valence-corrected chi connectivity index (χ1v) is 9.21. The van der Waals surface area contributed by atoms with Crippen LogP contribution in [-0.4, -0.2) is 67.0 Å². The van der Waals surface area contributed by atoms with E-state index >= 15 is 0 Å². The molecule has 2 rings (SSSR count). The molecule has 2 amide bonds. The molecule has 0 aliphatic carbocycles. The highest BCUT2D eigenvalue weighted by Gasteiger charge is 2.25. The molecular weight excluding hydrogens is 386 g/mol. The van der Waals surface area contributed by atoms with Crippen LogP contribution in [0.2, 0.25) is 0 Å². The maximum Gasteiger partial charge on any atom is 0.243 e. The first-order chi connectivity index (χ1) is 11.7. The third-order valence-corrected chi connectivity index (χ3v) is 4.62. The summed E-state index contributed by atoms with van der Waals surface area (Å²) in [4.78, 5) is 28.1. The molecule has 1 saturated heterocycles. The van der Waals surface area contributed by atoms with Gasteiger partial charge in [-0.05, 0) is 44.5 Å². The van der Waals surface area contributed by atoms with Crippen LogP contribution in [0.4, 0.5) is 5.69 Å². The van der Waals surface area contributed by atoms with Crippen molar-refractivity contribution < 1.29 is 14.3 Å². The van der Waals surface area contributed by atoms with Crippen molar-refractivity contribution in [1.82, 2.24) is 9.80 Å². The number of likely N-dealkylation sites (N-methyl/N-ethyl adjacent to an activating group) is 1. The summed E-state index contributed by atoms with van der Waals surface area (Å²) in [5.41, 5.74) is 1.72. The van der Waals surface area contributed by atoms with Crippen LogP contribution < -0.4 is 5.32 Å². The van der Waals surface area contributed by atoms with Crippen LogP contribution in [0, 0.1) is 6.92 Å². The molecule has 0 unspecified atom stereocenters. The second-order valence-electron chi connectivity index (χ2n) is 6.71. The molecule has 1 heterocycles. The van der Waals surface area contributed by atoms with E-state index in [4.69, 9.17) is 4.74 Å². The number of halogens is 1. The molecule has 2 atom stereocenters. The van der Waals surface area contributed by atoms with Gasteiger partial charge in [0, 0.05) is 30.3 Å². The number of benzene rings is 1. The number of nitrogens with zero attached hydrogens (tertiary/aromatic N) is 2. The molecule has 1 fully saturated rings. The second kappa shape index (κ2) is 8.78. The Morgan fingerprint density at radius 2 is 1.96 bits per heavy atom. The summed E-state index contributed by atoms with van der Waals surface area (Å²) in [6.07, 6.45) is 0.232. The minimum absolute atomic E-state index is 0.0315. The SMILES string of the molecule is Cc1cc(Br)ccc1NC(=O)CN(C)C(=O)CN1C[C@@H](C)O[C@@H](C)C1.